The largest absolute Gasteiger partial charge is 0.480 e. The third-order valence-corrected chi connectivity index (χ3v) is 6.56. The fourth-order valence-corrected chi connectivity index (χ4v) is 7.34. The van der Waals surface area contributed by atoms with E-state index in [1.807, 2.05) is 13.8 Å². The number of amides is 1. The van der Waals surface area contributed by atoms with Gasteiger partial charge in [-0.2, -0.15) is 0 Å². The van der Waals surface area contributed by atoms with E-state index in [-0.39, 0.29) is 33.5 Å². The molecular formula is C19H31NO3. The van der Waals surface area contributed by atoms with E-state index in [4.69, 9.17) is 0 Å². The fraction of sp³-hybridized carbons (Fsp3) is 0.895. The van der Waals surface area contributed by atoms with Gasteiger partial charge in [-0.1, -0.05) is 34.6 Å². The molecule has 0 aliphatic heterocycles. The van der Waals surface area contributed by atoms with E-state index in [2.05, 4.69) is 26.1 Å². The molecule has 4 saturated carbocycles. The van der Waals surface area contributed by atoms with E-state index in [9.17, 15) is 14.7 Å². The van der Waals surface area contributed by atoms with Gasteiger partial charge in [-0.3, -0.25) is 4.79 Å². The Morgan fingerprint density at radius 3 is 1.57 bits per heavy atom. The molecule has 1 atom stereocenters. The van der Waals surface area contributed by atoms with Gasteiger partial charge in [-0.25, -0.2) is 4.79 Å². The van der Waals surface area contributed by atoms with Crippen LogP contribution in [-0.2, 0) is 9.59 Å². The lowest BCUT2D eigenvalue weighted by Crippen LogP contribution is -2.64. The monoisotopic (exact) mass is 321 g/mol. The van der Waals surface area contributed by atoms with Crippen LogP contribution in [-0.4, -0.2) is 23.0 Å². The van der Waals surface area contributed by atoms with Crippen LogP contribution >= 0.6 is 0 Å². The highest BCUT2D eigenvalue weighted by molar-refractivity contribution is 5.88. The number of hydrogen-bond acceptors (Lipinski definition) is 2. The summed E-state index contributed by atoms with van der Waals surface area (Å²) in [6.45, 7) is 10.7. The Hall–Kier alpha value is -1.06. The van der Waals surface area contributed by atoms with Crippen molar-refractivity contribution in [3.05, 3.63) is 0 Å². The van der Waals surface area contributed by atoms with Crippen molar-refractivity contribution >= 4 is 11.9 Å². The Labute approximate surface area is 139 Å². The van der Waals surface area contributed by atoms with Gasteiger partial charge in [0.2, 0.25) is 5.91 Å². The predicted octanol–water partition coefficient (Wildman–Crippen LogP) is 3.60. The summed E-state index contributed by atoms with van der Waals surface area (Å²) >= 11 is 0. The van der Waals surface area contributed by atoms with E-state index in [1.165, 1.54) is 19.3 Å². The Balaban J connectivity index is 1.90. The number of rotatable bonds is 4. The average Bonchev–Trinajstić information content (AvgIpc) is 2.28. The number of nitrogens with one attached hydrogen (secondary N) is 1. The van der Waals surface area contributed by atoms with Crippen molar-refractivity contribution in [2.45, 2.75) is 79.2 Å². The third-order valence-electron chi connectivity index (χ3n) is 6.56. The molecule has 0 aromatic rings. The highest BCUT2D eigenvalue weighted by Gasteiger charge is 2.66. The second-order valence-electron chi connectivity index (χ2n) is 10.3. The van der Waals surface area contributed by atoms with Gasteiger partial charge in [-0.05, 0) is 60.7 Å². The van der Waals surface area contributed by atoms with E-state index < -0.39 is 12.0 Å². The molecule has 130 valence electrons. The maximum absolute atomic E-state index is 13.2. The molecule has 4 fully saturated rings. The molecule has 0 radical (unpaired) electrons. The molecule has 1 unspecified atom stereocenters. The summed E-state index contributed by atoms with van der Waals surface area (Å²) < 4.78 is 0. The van der Waals surface area contributed by atoms with Crippen LogP contribution in [0.25, 0.3) is 0 Å². The number of aliphatic carboxylic acids is 1. The maximum atomic E-state index is 13.2. The zero-order valence-corrected chi connectivity index (χ0v) is 15.2. The highest BCUT2D eigenvalue weighted by Crippen LogP contribution is 2.73. The van der Waals surface area contributed by atoms with Gasteiger partial charge in [0.25, 0.3) is 0 Å². The minimum absolute atomic E-state index is 0.0126. The molecule has 2 N–H and O–H groups in total. The summed E-state index contributed by atoms with van der Waals surface area (Å²) in [4.78, 5) is 24.6. The third kappa shape index (κ3) is 2.68. The molecule has 0 heterocycles. The zero-order chi connectivity index (χ0) is 17.3. The van der Waals surface area contributed by atoms with Crippen LogP contribution in [0.2, 0.25) is 0 Å². The van der Waals surface area contributed by atoms with Gasteiger partial charge < -0.3 is 10.4 Å². The topological polar surface area (TPSA) is 66.4 Å². The first kappa shape index (κ1) is 16.8. The molecule has 4 aliphatic carbocycles. The number of carboxylic acids is 1. The van der Waals surface area contributed by atoms with Gasteiger partial charge in [0.15, 0.2) is 0 Å². The second kappa shape index (κ2) is 4.73. The predicted molar refractivity (Wildman–Crippen MR) is 88.9 cm³/mol. The number of carbonyl (C=O) groups excluding carboxylic acids is 1. The van der Waals surface area contributed by atoms with Crippen LogP contribution < -0.4 is 5.32 Å². The summed E-state index contributed by atoms with van der Waals surface area (Å²) in [6, 6.07) is -0.788. The van der Waals surface area contributed by atoms with Crippen LogP contribution in [0.4, 0.5) is 0 Å². The summed E-state index contributed by atoms with van der Waals surface area (Å²) in [5, 5.41) is 12.3. The molecule has 4 aliphatic rings. The van der Waals surface area contributed by atoms with Gasteiger partial charge in [0, 0.05) is 0 Å². The van der Waals surface area contributed by atoms with Gasteiger partial charge >= 0.3 is 5.97 Å². The van der Waals surface area contributed by atoms with Gasteiger partial charge in [0.1, 0.15) is 6.04 Å². The molecule has 0 aromatic carbocycles. The normalized spacial score (nSPS) is 46.0. The summed E-state index contributed by atoms with van der Waals surface area (Å²) in [6.07, 6.45) is 6.37. The maximum Gasteiger partial charge on any atom is 0.326 e. The molecule has 4 heteroatoms. The van der Waals surface area contributed by atoms with Crippen LogP contribution in [0.3, 0.4) is 0 Å². The van der Waals surface area contributed by atoms with E-state index in [0.717, 1.165) is 19.3 Å². The Kier molecular flexibility index (Phi) is 3.45. The Morgan fingerprint density at radius 2 is 1.26 bits per heavy atom. The first-order chi connectivity index (χ1) is 10.4. The molecule has 0 spiro atoms. The van der Waals surface area contributed by atoms with E-state index >= 15 is 0 Å². The van der Waals surface area contributed by atoms with Gasteiger partial charge in [0.05, 0.1) is 5.41 Å². The van der Waals surface area contributed by atoms with E-state index in [1.54, 1.807) is 0 Å². The summed E-state index contributed by atoms with van der Waals surface area (Å²) in [7, 11) is 0. The molecule has 0 aromatic heterocycles. The molecule has 4 bridgehead atoms. The van der Waals surface area contributed by atoms with E-state index in [0.29, 0.717) is 0 Å². The first-order valence-corrected chi connectivity index (χ1v) is 8.94. The first-order valence-electron chi connectivity index (χ1n) is 8.94. The van der Waals surface area contributed by atoms with Crippen molar-refractivity contribution in [3.8, 4) is 0 Å². The molecule has 4 nitrogen and oxygen atoms in total. The quantitative estimate of drug-likeness (QED) is 0.831. The summed E-state index contributed by atoms with van der Waals surface area (Å²) in [5.74, 6) is -1.05. The SMILES string of the molecule is CC(C)C(NC(=O)C12CC3(C)CC(C)(CC(C)(C3)C1)C2)C(=O)O. The van der Waals surface area contributed by atoms with Crippen molar-refractivity contribution in [1.29, 1.82) is 0 Å². The number of hydrogen-bond donors (Lipinski definition) is 2. The lowest BCUT2D eigenvalue weighted by molar-refractivity contribution is -0.192. The highest BCUT2D eigenvalue weighted by atomic mass is 16.4. The van der Waals surface area contributed by atoms with Crippen molar-refractivity contribution in [2.24, 2.45) is 27.6 Å². The van der Waals surface area contributed by atoms with Crippen LogP contribution in [0, 0.1) is 27.6 Å². The van der Waals surface area contributed by atoms with Crippen LogP contribution in [0.5, 0.6) is 0 Å². The fourth-order valence-electron chi connectivity index (χ4n) is 7.34. The van der Waals surface area contributed by atoms with Crippen molar-refractivity contribution in [2.75, 3.05) is 0 Å². The second-order valence-corrected chi connectivity index (χ2v) is 10.3. The Bertz CT molecular complexity index is 499. The standard InChI is InChI=1S/C19H31NO3/c1-12(2)13(14(21)22)20-15(23)19-9-16(3)6-17(4,10-19)8-18(5,7-16)11-19/h12-13H,6-11H2,1-5H3,(H,20,23)(H,21,22). The van der Waals surface area contributed by atoms with Crippen molar-refractivity contribution < 1.29 is 14.7 Å². The Morgan fingerprint density at radius 1 is 0.870 bits per heavy atom. The molecular weight excluding hydrogens is 290 g/mol. The molecule has 23 heavy (non-hydrogen) atoms. The molecule has 1 amide bonds. The molecule has 0 saturated heterocycles. The lowest BCUT2D eigenvalue weighted by atomic mass is 9.36. The lowest BCUT2D eigenvalue weighted by Gasteiger charge is -2.68. The minimum Gasteiger partial charge on any atom is -0.480 e. The summed E-state index contributed by atoms with van der Waals surface area (Å²) in [5.41, 5.74) is 0.319. The zero-order valence-electron chi connectivity index (χ0n) is 15.2. The van der Waals surface area contributed by atoms with Crippen LogP contribution in [0.15, 0.2) is 0 Å². The van der Waals surface area contributed by atoms with Crippen molar-refractivity contribution in [1.82, 2.24) is 5.32 Å². The van der Waals surface area contributed by atoms with Crippen LogP contribution in [0.1, 0.15) is 73.1 Å². The van der Waals surface area contributed by atoms with Crippen molar-refractivity contribution in [3.63, 3.8) is 0 Å². The van der Waals surface area contributed by atoms with Gasteiger partial charge in [-0.15, -0.1) is 0 Å². The number of carbonyl (C=O) groups is 2. The smallest absolute Gasteiger partial charge is 0.326 e. The molecule has 4 rings (SSSR count). The average molecular weight is 321 g/mol. The minimum atomic E-state index is -0.929. The number of carboxylic acid groups (broad SMARTS) is 1.